The molecule has 19 rings (SSSR count). The highest BCUT2D eigenvalue weighted by Crippen LogP contribution is 2.44. The molecule has 8 aromatic carbocycles. The molecule has 1 amide bonds. The van der Waals surface area contributed by atoms with Crippen LogP contribution in [0, 0.1) is 22.9 Å². The molecule has 1 aromatic heterocycles. The normalized spacial score (nSPS) is 17.3. The molecular formula is C92H104FN15O30S7. The van der Waals surface area contributed by atoms with Gasteiger partial charge < -0.3 is 60.3 Å². The van der Waals surface area contributed by atoms with E-state index in [1.54, 1.807) is 50.4 Å². The van der Waals surface area contributed by atoms with E-state index in [1.807, 2.05) is 36.9 Å². The average molecular weight is 2140 g/mol. The Hall–Kier alpha value is -13.3. The maximum atomic E-state index is 14.0. The number of rotatable bonds is 29. The number of anilines is 5. The second-order valence-corrected chi connectivity index (χ2v) is 47.2. The van der Waals surface area contributed by atoms with Crippen LogP contribution in [0.25, 0.3) is 10.9 Å². The van der Waals surface area contributed by atoms with Crippen LogP contribution in [0.3, 0.4) is 0 Å². The van der Waals surface area contributed by atoms with Crippen LogP contribution in [-0.4, -0.2) is 244 Å². The van der Waals surface area contributed by atoms with Gasteiger partial charge in [0.25, 0.3) is 15.7 Å². The van der Waals surface area contributed by atoms with E-state index >= 15 is 0 Å². The van der Waals surface area contributed by atoms with Crippen LogP contribution in [0.15, 0.2) is 185 Å². The number of carbonyl (C=O) groups excluding carboxylic acids is 6. The van der Waals surface area contributed by atoms with Crippen molar-refractivity contribution in [2.45, 2.75) is 193 Å². The molecule has 776 valence electrons. The summed E-state index contributed by atoms with van der Waals surface area (Å²) in [6.07, 6.45) is 14.6. The Morgan fingerprint density at radius 3 is 1.39 bits per heavy atom. The number of ether oxygens (including phenoxy) is 4. The molecule has 0 bridgehead atoms. The van der Waals surface area contributed by atoms with Crippen molar-refractivity contribution in [2.24, 2.45) is 4.99 Å². The van der Waals surface area contributed by atoms with Gasteiger partial charge in [-0.2, -0.15) is 8.61 Å². The molecule has 7 aliphatic carbocycles. The molecule has 0 radical (unpaired) electrons. The van der Waals surface area contributed by atoms with Crippen LogP contribution in [0.4, 0.5) is 44.2 Å². The molecule has 4 heterocycles. The highest BCUT2D eigenvalue weighted by molar-refractivity contribution is 7.91. The molecule has 45 nitrogen and oxygen atoms in total. The fourth-order valence-corrected chi connectivity index (χ4v) is 26.4. The molecule has 3 aliphatic heterocycles. The highest BCUT2D eigenvalue weighted by atomic mass is 32.2. The number of carboxylic acids is 2. The number of sulfonamides is 7. The Bertz CT molecular complexity index is 7540. The van der Waals surface area contributed by atoms with Gasteiger partial charge >= 0.3 is 35.8 Å². The van der Waals surface area contributed by atoms with E-state index in [0.717, 1.165) is 125 Å². The van der Waals surface area contributed by atoms with Crippen molar-refractivity contribution in [3.8, 4) is 0 Å². The third kappa shape index (κ3) is 26.3. The summed E-state index contributed by atoms with van der Waals surface area (Å²) in [5.74, 6) is -4.92. The van der Waals surface area contributed by atoms with Crippen molar-refractivity contribution in [1.29, 1.82) is 0 Å². The molecule has 0 saturated heterocycles. The topological polar surface area (TPSA) is 642 Å². The maximum Gasteiger partial charge on any atom is 0.338 e. The number of methoxy groups -OCH3 is 3. The number of hydrogen-bond acceptors (Lipinski definition) is 33. The van der Waals surface area contributed by atoms with Crippen molar-refractivity contribution in [3.05, 3.63) is 212 Å². The molecule has 145 heavy (non-hydrogen) atoms. The lowest BCUT2D eigenvalue weighted by molar-refractivity contribution is -0.387. The predicted molar refractivity (Wildman–Crippen MR) is 524 cm³/mol. The van der Waals surface area contributed by atoms with E-state index in [4.69, 9.17) is 21.3 Å². The summed E-state index contributed by atoms with van der Waals surface area (Å²) >= 11 is 0. The maximum absolute atomic E-state index is 14.0. The number of nitrogens with zero attached hydrogens (tertiary/aromatic N) is 8. The molecule has 0 spiro atoms. The van der Waals surface area contributed by atoms with Gasteiger partial charge in [0.15, 0.2) is 4.90 Å². The molecule has 7 fully saturated rings. The average Bonchev–Trinajstić information content (AvgIpc) is 1.30. The first-order valence-corrected chi connectivity index (χ1v) is 55.2. The van der Waals surface area contributed by atoms with Crippen molar-refractivity contribution < 1.29 is 136 Å². The zero-order valence-electron chi connectivity index (χ0n) is 78.9. The van der Waals surface area contributed by atoms with Crippen LogP contribution < -0.4 is 45.5 Å². The molecule has 11 N–H and O–H groups in total. The molecule has 53 heteroatoms. The zero-order valence-corrected chi connectivity index (χ0v) is 84.6. The first-order chi connectivity index (χ1) is 68.4. The second-order valence-electron chi connectivity index (χ2n) is 34.9. The van der Waals surface area contributed by atoms with Crippen LogP contribution in [-0.2, 0) is 112 Å². The number of nitro groups is 1. The Morgan fingerprint density at radius 1 is 0.517 bits per heavy atom. The van der Waals surface area contributed by atoms with Gasteiger partial charge in [-0.1, -0.05) is 12.1 Å². The van der Waals surface area contributed by atoms with Crippen molar-refractivity contribution in [1.82, 2.24) is 36.4 Å². The van der Waals surface area contributed by atoms with Crippen LogP contribution >= 0.6 is 0 Å². The van der Waals surface area contributed by atoms with E-state index < -0.39 is 121 Å². The number of nitro benzene ring substituents is 1. The first kappa shape index (κ1) is 109. The molecule has 9 aromatic rings. The lowest BCUT2D eigenvalue weighted by Gasteiger charge is -2.35. The minimum atomic E-state index is -3.97. The number of aromatic carboxylic acids is 1. The quantitative estimate of drug-likeness (QED) is 0.00531. The summed E-state index contributed by atoms with van der Waals surface area (Å²) < 4.78 is 220. The summed E-state index contributed by atoms with van der Waals surface area (Å²) in [5, 5.41) is 32.0. The predicted octanol–water partition coefficient (Wildman–Crippen LogP) is 8.28. The fourth-order valence-electron chi connectivity index (χ4n) is 15.2. The number of hydrogen-bond donors (Lipinski definition) is 9. The second kappa shape index (κ2) is 44.3. The van der Waals surface area contributed by atoms with Gasteiger partial charge in [0, 0.05) is 84.6 Å². The summed E-state index contributed by atoms with van der Waals surface area (Å²) in [6.45, 7) is 4.29. The third-order valence-corrected chi connectivity index (χ3v) is 35.8. The Morgan fingerprint density at radius 2 is 0.945 bits per heavy atom. The number of benzene rings is 8. The van der Waals surface area contributed by atoms with Crippen LogP contribution in [0.2, 0.25) is 0 Å². The Labute approximate surface area is 834 Å². The SMILES string of the molecule is CCOC(=O)c1ccc2c(c1)N=CN(C1CC1)S2(=O)=O.CN1CN(C2CC2)S(=O)(=O)c2ccc(C=O)cc21.COC(=O)c1ccc(S(=O)(=O)NC2CC2)c(N)c1.COC(=O)c1ccc(S(=O)(=O)NC2CC2)c(NC=O)c1.COC(=O)c1ccc(S(=O)(=O)NC2CC2)c([N+](=O)[O-])c1.Cc1c(Cc2ccc3c(c2)N(C)CN(C2CC2)S3(=O)=O)c2cc(F)ccc2n1CC(=O)O.Nc1cc(C(=O)O)ccc1S(=O)(=O)NC1CC1. The summed E-state index contributed by atoms with van der Waals surface area (Å²) in [6, 6.07) is 33.3. The Kier molecular flexibility index (Phi) is 33.3. The van der Waals surface area contributed by atoms with E-state index in [-0.39, 0.29) is 126 Å². The van der Waals surface area contributed by atoms with Crippen molar-refractivity contribution in [2.75, 3.05) is 82.0 Å². The zero-order chi connectivity index (χ0) is 106. The van der Waals surface area contributed by atoms with Crippen LogP contribution in [0.5, 0.6) is 0 Å². The molecule has 0 atom stereocenters. The van der Waals surface area contributed by atoms with Gasteiger partial charge in [-0.15, -0.1) is 0 Å². The number of halogens is 1. The first-order valence-electron chi connectivity index (χ1n) is 45.0. The van der Waals surface area contributed by atoms with Gasteiger partial charge in [-0.25, -0.2) is 111 Å². The van der Waals surface area contributed by atoms with Gasteiger partial charge in [-0.05, 0) is 249 Å². The van der Waals surface area contributed by atoms with Gasteiger partial charge in [0.05, 0.1) is 108 Å². The number of carboxylic acid groups (broad SMARTS) is 2. The molecule has 7 saturated carbocycles. The summed E-state index contributed by atoms with van der Waals surface area (Å²) in [4.78, 5) is 107. The number of aldehydes is 1. The van der Waals surface area contributed by atoms with E-state index in [9.17, 15) is 117 Å². The van der Waals surface area contributed by atoms with Gasteiger partial charge in [-0.3, -0.25) is 28.8 Å². The number of nitrogen functional groups attached to an aromatic ring is 2. The van der Waals surface area contributed by atoms with E-state index in [0.29, 0.717) is 82.2 Å². The molecule has 0 unspecified atom stereocenters. The third-order valence-electron chi connectivity index (χ3n) is 23.7. The number of nitrogens with one attached hydrogen (secondary N) is 5. The monoisotopic (exact) mass is 2140 g/mol. The minimum Gasteiger partial charge on any atom is -0.480 e. The lowest BCUT2D eigenvalue weighted by atomic mass is 10.0. The summed E-state index contributed by atoms with van der Waals surface area (Å²) in [5.41, 5.74) is 16.3. The fraction of sp³-hybridized carbons (Fsp3) is 0.359. The standard InChI is InChI=1S/C23H24FN3O4S.C13H14N2O4S.C12H14N2O5S.C12H14N2O3S.C11H12N2O6S.C11H14N2O4S.C10H12N2O4S/c1-14-18(19-11-16(24)4-7-20(19)26(14)12-23(28)29)9-15-3-8-22-21(10-15)25(2)13-27(17-5-6-17)32(22,30)31;1-2-19-13(16)9-3-6-12-11(7-9)14-8-15(10-4-5-10)20(12,17)18;1-19-12(16)8-2-5-11(10(6-8)13-7-15)20(17,18)14-9-3-4-9;1-13-8-14(10-3-4-10)18(16,17)12-5-2-9(7-15)6-11(12)13;1-19-11(14)7-2-5-10(9(6-7)13(15)16)20(17,18)12-8-3-4-8;1-17-11(14)7-2-5-10(9(12)6-7)18(15,16)13-8-3-4-8;11-8-5-6(10(13)14)1-4-9(8)17(15,16)12-7-2-3-7/h3-4,7-8,10-11,17H,5-6,9,12-13H2,1-2H3,(H,28,29);3,6-8,10H,2,4-5H2,1H3;2,5-7,9,14H,3-4H2,1H3,(H,13,15);2,5-7,10H,3-4,8H2,1H3;2,5-6,8,12H,3-4H2,1H3;2,5-6,8,13H,3-4,12H2,1H3;1,4-5,7,12H,2-3,11H2,(H,13,14). The number of esters is 4. The summed E-state index contributed by atoms with van der Waals surface area (Å²) in [7, 11) is -18.1. The number of amides is 1. The lowest BCUT2D eigenvalue weighted by Crippen LogP contribution is -2.45. The van der Waals surface area contributed by atoms with E-state index in [1.165, 1.54) is 116 Å². The number of nitrogens with two attached hydrogens (primary N) is 2. The minimum absolute atomic E-state index is 0.00897. The Balaban J connectivity index is 0.000000143. The van der Waals surface area contributed by atoms with Gasteiger partial charge in [0.2, 0.25) is 66.5 Å². The molecule has 10 aliphatic rings. The largest absolute Gasteiger partial charge is 0.480 e. The van der Waals surface area contributed by atoms with Gasteiger partial charge in [0.1, 0.15) is 54.4 Å². The number of aliphatic carboxylic acids is 1. The van der Waals surface area contributed by atoms with Crippen molar-refractivity contribution in [3.63, 3.8) is 0 Å². The van der Waals surface area contributed by atoms with Crippen LogP contribution in [0.1, 0.15) is 176 Å². The number of fused-ring (bicyclic) bond motifs is 4. The number of carbonyl (C=O) groups is 8. The highest BCUT2D eigenvalue weighted by Gasteiger charge is 2.46. The molecular weight excluding hydrogens is 2040 g/mol. The smallest absolute Gasteiger partial charge is 0.338 e. The van der Waals surface area contributed by atoms with Crippen molar-refractivity contribution >= 4 is 176 Å². The number of aliphatic imine (C=N–C) groups is 1. The van der Waals surface area contributed by atoms with E-state index in [2.05, 4.69) is 43.4 Å². The number of aromatic nitrogens is 1.